The third-order valence-corrected chi connectivity index (χ3v) is 4.88. The Kier molecular flexibility index (Phi) is 5.22. The average Bonchev–Trinajstić information content (AvgIpc) is 3.10. The fourth-order valence-corrected chi connectivity index (χ4v) is 3.56. The summed E-state index contributed by atoms with van der Waals surface area (Å²) in [6.07, 6.45) is -0.614. The maximum Gasteiger partial charge on any atom is 0.412 e. The van der Waals surface area contributed by atoms with Gasteiger partial charge in [0.05, 0.1) is 6.42 Å². The van der Waals surface area contributed by atoms with Crippen molar-refractivity contribution < 1.29 is 14.3 Å². The topological polar surface area (TPSA) is 38.8 Å². The number of carbonyl (C=O) groups is 1. The number of rotatable bonds is 4. The molecule has 0 aliphatic carbocycles. The van der Waals surface area contributed by atoms with E-state index in [4.69, 9.17) is 21.1 Å². The highest BCUT2D eigenvalue weighted by Crippen LogP contribution is 2.41. The quantitative estimate of drug-likeness (QED) is 0.584. The second-order valence-electron chi connectivity index (χ2n) is 6.78. The summed E-state index contributed by atoms with van der Waals surface area (Å²) in [5.74, 6) is 0.721. The van der Waals surface area contributed by atoms with Crippen LogP contribution in [-0.2, 0) is 17.7 Å². The first-order chi connectivity index (χ1) is 13.6. The Balaban J connectivity index is 1.47. The number of hydrogen-bond acceptors (Lipinski definition) is 3. The van der Waals surface area contributed by atoms with Crippen molar-refractivity contribution in [1.82, 2.24) is 4.90 Å². The number of benzene rings is 3. The van der Waals surface area contributed by atoms with Gasteiger partial charge in [0.1, 0.15) is 5.75 Å². The minimum Gasteiger partial charge on any atom is -0.453 e. The number of hydrogen-bond donors (Lipinski definition) is 0. The number of ether oxygens (including phenoxy) is 2. The molecule has 1 aliphatic rings. The first-order valence-electron chi connectivity index (χ1n) is 9.10. The first-order valence-corrected chi connectivity index (χ1v) is 9.48. The molecule has 3 aromatic rings. The van der Waals surface area contributed by atoms with Crippen LogP contribution in [-0.4, -0.2) is 24.3 Å². The van der Waals surface area contributed by atoms with Crippen LogP contribution in [0, 0.1) is 0 Å². The zero-order chi connectivity index (χ0) is 19.5. The van der Waals surface area contributed by atoms with E-state index in [1.54, 1.807) is 7.05 Å². The first kappa shape index (κ1) is 18.4. The minimum atomic E-state index is -0.665. The number of nitrogens with zero attached hydrogens (tertiary/aromatic N) is 1. The van der Waals surface area contributed by atoms with Crippen LogP contribution in [0.4, 0.5) is 4.79 Å². The van der Waals surface area contributed by atoms with E-state index < -0.39 is 12.4 Å². The van der Waals surface area contributed by atoms with Crippen molar-refractivity contribution in [2.45, 2.75) is 19.3 Å². The van der Waals surface area contributed by atoms with Crippen LogP contribution in [0.25, 0.3) is 11.1 Å². The third kappa shape index (κ3) is 3.97. The van der Waals surface area contributed by atoms with Gasteiger partial charge in [0.2, 0.25) is 6.29 Å². The fraction of sp³-hybridized carbons (Fsp3) is 0.174. The molecule has 0 radical (unpaired) electrons. The van der Waals surface area contributed by atoms with Crippen LogP contribution in [0.3, 0.4) is 0 Å². The van der Waals surface area contributed by atoms with Gasteiger partial charge in [-0.3, -0.25) is 0 Å². The molecule has 0 bridgehead atoms. The van der Waals surface area contributed by atoms with Gasteiger partial charge in [-0.1, -0.05) is 72.3 Å². The average molecular weight is 394 g/mol. The molecule has 0 saturated heterocycles. The standard InChI is InChI=1S/C23H20ClNO3/c1-25(15-16-8-4-2-5-9-16)23(26)28-21-13-18-12-19(24)14-20(22(18)27-21)17-10-6-3-7-11-17/h2-12,14,21H,13,15H2,1H3. The van der Waals surface area contributed by atoms with Gasteiger partial charge in [-0.15, -0.1) is 0 Å². The lowest BCUT2D eigenvalue weighted by molar-refractivity contribution is -0.0301. The van der Waals surface area contributed by atoms with Gasteiger partial charge >= 0.3 is 6.09 Å². The number of fused-ring (bicyclic) bond motifs is 1. The van der Waals surface area contributed by atoms with Gasteiger partial charge < -0.3 is 14.4 Å². The molecule has 1 atom stereocenters. The Hall–Kier alpha value is -2.98. The molecular formula is C23H20ClNO3. The highest BCUT2D eigenvalue weighted by atomic mass is 35.5. The van der Waals surface area contributed by atoms with Crippen molar-refractivity contribution in [3.63, 3.8) is 0 Å². The van der Waals surface area contributed by atoms with Crippen LogP contribution in [0.15, 0.2) is 72.8 Å². The smallest absolute Gasteiger partial charge is 0.412 e. The molecule has 1 aliphatic heterocycles. The van der Waals surface area contributed by atoms with Gasteiger partial charge in [0, 0.05) is 29.7 Å². The largest absolute Gasteiger partial charge is 0.453 e. The van der Waals surface area contributed by atoms with Crippen molar-refractivity contribution in [3.8, 4) is 16.9 Å². The highest BCUT2D eigenvalue weighted by Gasteiger charge is 2.30. The molecule has 4 rings (SSSR count). The van der Waals surface area contributed by atoms with Crippen molar-refractivity contribution >= 4 is 17.7 Å². The Labute approximate surface area is 169 Å². The second kappa shape index (κ2) is 7.95. The van der Waals surface area contributed by atoms with E-state index in [9.17, 15) is 4.79 Å². The monoisotopic (exact) mass is 393 g/mol. The van der Waals surface area contributed by atoms with Gasteiger partial charge in [0.25, 0.3) is 0 Å². The molecule has 28 heavy (non-hydrogen) atoms. The number of halogens is 1. The van der Waals surface area contributed by atoms with Crippen LogP contribution < -0.4 is 4.74 Å². The zero-order valence-corrected chi connectivity index (χ0v) is 16.2. The Bertz CT molecular complexity index is 976. The lowest BCUT2D eigenvalue weighted by Gasteiger charge is -2.20. The van der Waals surface area contributed by atoms with Crippen LogP contribution >= 0.6 is 11.6 Å². The van der Waals surface area contributed by atoms with E-state index in [0.717, 1.165) is 28.0 Å². The molecule has 0 N–H and O–H groups in total. The Morgan fingerprint density at radius 2 is 1.79 bits per heavy atom. The van der Waals surface area contributed by atoms with Crippen molar-refractivity contribution in [2.75, 3.05) is 7.05 Å². The number of carbonyl (C=O) groups excluding carboxylic acids is 1. The van der Waals surface area contributed by atoms with Crippen LogP contribution in [0.1, 0.15) is 11.1 Å². The van der Waals surface area contributed by atoms with E-state index in [0.29, 0.717) is 18.0 Å². The molecule has 1 unspecified atom stereocenters. The Morgan fingerprint density at radius 3 is 2.50 bits per heavy atom. The molecule has 1 amide bonds. The van der Waals surface area contributed by atoms with Crippen molar-refractivity contribution in [2.24, 2.45) is 0 Å². The predicted octanol–water partition coefficient (Wildman–Crippen LogP) is 5.54. The normalized spacial score (nSPS) is 14.9. The summed E-state index contributed by atoms with van der Waals surface area (Å²) >= 11 is 6.30. The van der Waals surface area contributed by atoms with Gasteiger partial charge in [-0.25, -0.2) is 4.79 Å². The van der Waals surface area contributed by atoms with E-state index >= 15 is 0 Å². The third-order valence-electron chi connectivity index (χ3n) is 4.66. The molecule has 4 nitrogen and oxygen atoms in total. The Morgan fingerprint density at radius 1 is 1.11 bits per heavy atom. The van der Waals surface area contributed by atoms with Crippen molar-refractivity contribution in [1.29, 1.82) is 0 Å². The molecule has 0 spiro atoms. The summed E-state index contributed by atoms with van der Waals surface area (Å²) in [4.78, 5) is 14.0. The van der Waals surface area contributed by atoms with Gasteiger partial charge in [0.15, 0.2) is 0 Å². The summed E-state index contributed by atoms with van der Waals surface area (Å²) in [6.45, 7) is 0.473. The van der Waals surface area contributed by atoms with Gasteiger partial charge in [-0.05, 0) is 23.3 Å². The summed E-state index contributed by atoms with van der Waals surface area (Å²) < 4.78 is 11.6. The summed E-state index contributed by atoms with van der Waals surface area (Å²) in [6, 6.07) is 23.4. The molecule has 0 fully saturated rings. The summed E-state index contributed by atoms with van der Waals surface area (Å²) in [7, 11) is 1.71. The lowest BCUT2D eigenvalue weighted by Crippen LogP contribution is -2.32. The maximum atomic E-state index is 12.5. The number of amides is 1. The molecule has 142 valence electrons. The predicted molar refractivity (Wildman–Crippen MR) is 109 cm³/mol. The molecule has 0 aromatic heterocycles. The zero-order valence-electron chi connectivity index (χ0n) is 15.5. The SMILES string of the molecule is CN(Cc1ccccc1)C(=O)OC1Cc2cc(Cl)cc(-c3ccccc3)c2O1. The van der Waals surface area contributed by atoms with E-state index in [2.05, 4.69) is 0 Å². The van der Waals surface area contributed by atoms with Crippen molar-refractivity contribution in [3.05, 3.63) is 88.9 Å². The second-order valence-corrected chi connectivity index (χ2v) is 7.22. The van der Waals surface area contributed by atoms with Gasteiger partial charge in [-0.2, -0.15) is 0 Å². The summed E-state index contributed by atoms with van der Waals surface area (Å²) in [5.41, 5.74) is 3.89. The molecule has 5 heteroatoms. The summed E-state index contributed by atoms with van der Waals surface area (Å²) in [5, 5.41) is 0.634. The molecular weight excluding hydrogens is 374 g/mol. The van der Waals surface area contributed by atoms with E-state index in [-0.39, 0.29) is 0 Å². The fourth-order valence-electron chi connectivity index (χ4n) is 3.32. The lowest BCUT2D eigenvalue weighted by atomic mass is 10.0. The highest BCUT2D eigenvalue weighted by molar-refractivity contribution is 6.31. The minimum absolute atomic E-state index is 0.422. The molecule has 3 aromatic carbocycles. The molecule has 1 heterocycles. The van der Waals surface area contributed by atoms with E-state index in [1.165, 1.54) is 4.90 Å². The van der Waals surface area contributed by atoms with Crippen LogP contribution in [0.5, 0.6) is 5.75 Å². The van der Waals surface area contributed by atoms with E-state index in [1.807, 2.05) is 72.8 Å². The molecule has 0 saturated carbocycles. The maximum absolute atomic E-state index is 12.5. The van der Waals surface area contributed by atoms with Crippen LogP contribution in [0.2, 0.25) is 5.02 Å².